The summed E-state index contributed by atoms with van der Waals surface area (Å²) >= 11 is 0. The third kappa shape index (κ3) is 10.7. The van der Waals surface area contributed by atoms with Gasteiger partial charge in [0, 0.05) is 40.7 Å². The molecule has 12 bridgehead atoms. The maximum atomic E-state index is 5.05. The van der Waals surface area contributed by atoms with E-state index in [9.17, 15) is 0 Å². The molecule has 0 saturated carbocycles. The molecule has 0 saturated heterocycles. The number of nitrogens with zero attached hydrogens (tertiary/aromatic N) is 3. The van der Waals surface area contributed by atoms with Crippen LogP contribution in [0.1, 0.15) is 110 Å². The average molecular weight is 762 g/mol. The average Bonchev–Trinajstić information content (AvgIpc) is 3.28. The Hall–Kier alpha value is -5.41. The van der Waals surface area contributed by atoms with Crippen LogP contribution in [0.2, 0.25) is 0 Å². The SMILES string of the molecule is c1ccc2c3ncc(c2c1)CCCCCCc1ccc(cc1)-c1ccc(cn1)CCCCCCc1ccc(cc1)-c1ccc(cn1)CCCCCCc1ccc-3cc1. The zero-order valence-corrected chi connectivity index (χ0v) is 34.3. The first kappa shape index (κ1) is 39.4. The summed E-state index contributed by atoms with van der Waals surface area (Å²) in [5, 5.41) is 2.61. The minimum Gasteiger partial charge on any atom is -0.256 e. The van der Waals surface area contributed by atoms with Gasteiger partial charge >= 0.3 is 0 Å². The van der Waals surface area contributed by atoms with Gasteiger partial charge in [0.25, 0.3) is 0 Å². The molecule has 0 atom stereocenters. The third-order valence-electron chi connectivity index (χ3n) is 12.3. The topological polar surface area (TPSA) is 38.7 Å². The molecule has 58 heavy (non-hydrogen) atoms. The lowest BCUT2D eigenvalue weighted by atomic mass is 9.96. The van der Waals surface area contributed by atoms with Crippen molar-refractivity contribution >= 4 is 10.8 Å². The van der Waals surface area contributed by atoms with Crippen LogP contribution in [-0.2, 0) is 38.5 Å². The van der Waals surface area contributed by atoms with Crippen molar-refractivity contribution in [2.45, 2.75) is 116 Å². The molecule has 17 rings (SSSR count). The smallest absolute Gasteiger partial charge is 0.0780 e. The second-order valence-electron chi connectivity index (χ2n) is 16.6. The molecule has 0 amide bonds. The molecule has 0 fully saturated rings. The highest BCUT2D eigenvalue weighted by molar-refractivity contribution is 5.96. The van der Waals surface area contributed by atoms with Gasteiger partial charge in [0.15, 0.2) is 0 Å². The Labute approximate surface area is 347 Å². The number of aryl methyl sites for hydroxylation is 6. The van der Waals surface area contributed by atoms with Crippen molar-refractivity contribution in [2.75, 3.05) is 0 Å². The predicted molar refractivity (Wildman–Crippen MR) is 244 cm³/mol. The van der Waals surface area contributed by atoms with Crippen molar-refractivity contribution in [1.29, 1.82) is 0 Å². The first-order valence-corrected chi connectivity index (χ1v) is 22.3. The summed E-state index contributed by atoms with van der Waals surface area (Å²) in [6, 6.07) is 45.1. The van der Waals surface area contributed by atoms with E-state index in [1.165, 1.54) is 138 Å². The molecular formula is C55H59N3. The maximum absolute atomic E-state index is 5.05. The highest BCUT2D eigenvalue weighted by Crippen LogP contribution is 2.30. The van der Waals surface area contributed by atoms with Gasteiger partial charge in [-0.2, -0.15) is 0 Å². The highest BCUT2D eigenvalue weighted by atomic mass is 14.7. The lowest BCUT2D eigenvalue weighted by Gasteiger charge is -2.12. The van der Waals surface area contributed by atoms with Crippen molar-refractivity contribution in [3.63, 3.8) is 0 Å². The van der Waals surface area contributed by atoms with Crippen LogP contribution >= 0.6 is 0 Å². The van der Waals surface area contributed by atoms with Crippen LogP contribution in [0, 0.1) is 0 Å². The van der Waals surface area contributed by atoms with Crippen LogP contribution < -0.4 is 0 Å². The number of hydrogen-bond acceptors (Lipinski definition) is 3. The molecule has 4 aromatic carbocycles. The summed E-state index contributed by atoms with van der Waals surface area (Å²) in [6.45, 7) is 0. The third-order valence-corrected chi connectivity index (χ3v) is 12.3. The van der Waals surface area contributed by atoms with Crippen LogP contribution in [0.4, 0.5) is 0 Å². The summed E-state index contributed by atoms with van der Waals surface area (Å²) in [4.78, 5) is 14.7. The molecule has 294 valence electrons. The fourth-order valence-electron chi connectivity index (χ4n) is 8.70. The van der Waals surface area contributed by atoms with Gasteiger partial charge < -0.3 is 0 Å². The quantitative estimate of drug-likeness (QED) is 0.154. The summed E-state index contributed by atoms with van der Waals surface area (Å²) in [6.07, 6.45) is 27.8. The van der Waals surface area contributed by atoms with E-state index < -0.39 is 0 Å². The van der Waals surface area contributed by atoms with Crippen molar-refractivity contribution in [2.24, 2.45) is 0 Å². The molecule has 6 aliphatic heterocycles. The highest BCUT2D eigenvalue weighted by Gasteiger charge is 2.10. The van der Waals surface area contributed by atoms with E-state index in [0.717, 1.165) is 55.6 Å². The Bertz CT molecular complexity index is 2310. The molecule has 0 N–H and O–H groups in total. The molecule has 0 spiro atoms. The summed E-state index contributed by atoms with van der Waals surface area (Å²) < 4.78 is 0. The molecule has 9 heterocycles. The largest absolute Gasteiger partial charge is 0.256 e. The number of pyridine rings is 3. The molecule has 0 radical (unpaired) electrons. The Kier molecular flexibility index (Phi) is 13.8. The Balaban J connectivity index is 0.898. The van der Waals surface area contributed by atoms with Gasteiger partial charge in [0.2, 0.25) is 0 Å². The molecule has 4 aliphatic carbocycles. The van der Waals surface area contributed by atoms with Gasteiger partial charge in [-0.05, 0) is 128 Å². The van der Waals surface area contributed by atoms with Crippen LogP contribution in [0.15, 0.2) is 140 Å². The molecule has 3 heteroatoms. The standard InChI is InChI=1S/C55H59N3/c1-3-10-18-45-29-38-54(57-39-45)48-33-25-43(26-34-48)16-9-5-6-12-20-50-41-58-55(52-22-14-13-21-51(50)52)49-35-27-44(28-36-49)17-8-2-4-11-19-46-30-37-53(56-40-46)47-31-23-42(15-7-1)24-32-47/h13-14,21-41H,1-12,15-20H2. The first-order valence-electron chi connectivity index (χ1n) is 22.3. The van der Waals surface area contributed by atoms with Crippen molar-refractivity contribution < 1.29 is 0 Å². The minimum atomic E-state index is 1.06. The zero-order valence-electron chi connectivity index (χ0n) is 34.3. The number of fused-ring (bicyclic) bond motifs is 2. The Morgan fingerprint density at radius 2 is 0.655 bits per heavy atom. The first-order chi connectivity index (χ1) is 28.7. The van der Waals surface area contributed by atoms with E-state index in [0.29, 0.717) is 0 Å². The van der Waals surface area contributed by atoms with Gasteiger partial charge in [-0.25, -0.2) is 0 Å². The number of hydrogen-bond donors (Lipinski definition) is 0. The van der Waals surface area contributed by atoms with Crippen LogP contribution in [0.3, 0.4) is 0 Å². The molecule has 3 nitrogen and oxygen atoms in total. The molecule has 10 aliphatic rings. The van der Waals surface area contributed by atoms with E-state index in [4.69, 9.17) is 15.0 Å². The van der Waals surface area contributed by atoms with Gasteiger partial charge in [-0.1, -0.05) is 148 Å². The van der Waals surface area contributed by atoms with E-state index in [2.05, 4.69) is 140 Å². The van der Waals surface area contributed by atoms with Gasteiger partial charge in [-0.15, -0.1) is 0 Å². The van der Waals surface area contributed by atoms with Crippen LogP contribution in [0.5, 0.6) is 0 Å². The normalized spacial score (nSPS) is 15.4. The number of aromatic nitrogens is 3. The Morgan fingerprint density at radius 1 is 0.276 bits per heavy atom. The van der Waals surface area contributed by atoms with Crippen LogP contribution in [-0.4, -0.2) is 15.0 Å². The molecule has 7 aromatic rings. The minimum absolute atomic E-state index is 1.06. The molecule has 3 aromatic heterocycles. The lowest BCUT2D eigenvalue weighted by Crippen LogP contribution is -1.95. The summed E-state index contributed by atoms with van der Waals surface area (Å²) in [7, 11) is 0. The van der Waals surface area contributed by atoms with Crippen LogP contribution in [0.25, 0.3) is 44.5 Å². The van der Waals surface area contributed by atoms with Crippen molar-refractivity contribution in [1.82, 2.24) is 15.0 Å². The number of benzene rings is 4. The maximum Gasteiger partial charge on any atom is 0.0780 e. The van der Waals surface area contributed by atoms with Crippen molar-refractivity contribution in [3.05, 3.63) is 173 Å². The van der Waals surface area contributed by atoms with Gasteiger partial charge in [0.1, 0.15) is 0 Å². The van der Waals surface area contributed by atoms with E-state index in [1.807, 2.05) is 0 Å². The summed E-state index contributed by atoms with van der Waals surface area (Å²) in [5.41, 5.74) is 15.1. The summed E-state index contributed by atoms with van der Waals surface area (Å²) in [5.74, 6) is 0. The molecular weight excluding hydrogens is 703 g/mol. The van der Waals surface area contributed by atoms with Crippen molar-refractivity contribution in [3.8, 4) is 33.8 Å². The predicted octanol–water partition coefficient (Wildman–Crippen LogP) is 14.4. The zero-order chi connectivity index (χ0) is 39.2. The van der Waals surface area contributed by atoms with E-state index in [1.54, 1.807) is 0 Å². The van der Waals surface area contributed by atoms with E-state index >= 15 is 0 Å². The Morgan fingerprint density at radius 3 is 1.09 bits per heavy atom. The monoisotopic (exact) mass is 761 g/mol. The fraction of sp³-hybridized carbons (Fsp3) is 0.327. The van der Waals surface area contributed by atoms with E-state index in [-0.39, 0.29) is 0 Å². The number of rotatable bonds is 0. The van der Waals surface area contributed by atoms with Gasteiger partial charge in [0.05, 0.1) is 17.1 Å². The van der Waals surface area contributed by atoms with Gasteiger partial charge in [-0.3, -0.25) is 15.0 Å². The second kappa shape index (κ2) is 20.3. The molecule has 0 unspecified atom stereocenters. The lowest BCUT2D eigenvalue weighted by molar-refractivity contribution is 0.640. The second-order valence-corrected chi connectivity index (χ2v) is 16.6. The fourth-order valence-corrected chi connectivity index (χ4v) is 8.70.